The van der Waals surface area contributed by atoms with Gasteiger partial charge in [-0.15, -0.1) is 0 Å². The van der Waals surface area contributed by atoms with Crippen molar-refractivity contribution in [2.24, 2.45) is 5.73 Å². The molecule has 4 nitrogen and oxygen atoms in total. The minimum Gasteiger partial charge on any atom is -0.454 e. The number of aryl methyl sites for hydroxylation is 1. The van der Waals surface area contributed by atoms with E-state index in [0.29, 0.717) is 0 Å². The third-order valence-electron chi connectivity index (χ3n) is 2.76. The van der Waals surface area contributed by atoms with E-state index >= 15 is 0 Å². The van der Waals surface area contributed by atoms with Gasteiger partial charge in [0.05, 0.1) is 12.4 Å². The molecule has 0 aliphatic rings. The number of halogens is 1. The molecule has 2 rings (SSSR count). The van der Waals surface area contributed by atoms with Crippen LogP contribution in [0.4, 0.5) is 0 Å². The van der Waals surface area contributed by atoms with Crippen LogP contribution in [0.1, 0.15) is 31.9 Å². The van der Waals surface area contributed by atoms with Crippen molar-refractivity contribution < 1.29 is 4.74 Å². The van der Waals surface area contributed by atoms with Crippen LogP contribution in [0.3, 0.4) is 0 Å². The maximum Gasteiger partial charge on any atom is 0.165 e. The molecule has 0 aliphatic heterocycles. The smallest absolute Gasteiger partial charge is 0.165 e. The molecule has 102 valence electrons. The first-order chi connectivity index (χ1) is 9.10. The van der Waals surface area contributed by atoms with E-state index in [-0.39, 0.29) is 6.04 Å². The molecule has 1 aromatic carbocycles. The highest BCUT2D eigenvalue weighted by molar-refractivity contribution is 9.10. The van der Waals surface area contributed by atoms with E-state index in [9.17, 15) is 0 Å². The number of rotatable bonds is 5. The minimum atomic E-state index is -0.0752. The Labute approximate surface area is 121 Å². The van der Waals surface area contributed by atoms with Crippen LogP contribution in [0, 0.1) is 0 Å². The fourth-order valence-electron chi connectivity index (χ4n) is 1.85. The Morgan fingerprint density at radius 1 is 1.47 bits per heavy atom. The van der Waals surface area contributed by atoms with Crippen molar-refractivity contribution in [2.45, 2.75) is 32.9 Å². The SMILES string of the molecule is CCCn1cc(Oc2cc(Br)ccc2C(C)N)cn1. The Morgan fingerprint density at radius 3 is 2.95 bits per heavy atom. The summed E-state index contributed by atoms with van der Waals surface area (Å²) in [5, 5.41) is 4.25. The first-order valence-corrected chi connectivity index (χ1v) is 7.14. The summed E-state index contributed by atoms with van der Waals surface area (Å²) < 4.78 is 8.72. The summed E-state index contributed by atoms with van der Waals surface area (Å²) in [5.74, 6) is 1.49. The van der Waals surface area contributed by atoms with E-state index in [4.69, 9.17) is 10.5 Å². The molecule has 2 aromatic rings. The predicted molar refractivity (Wildman–Crippen MR) is 79.3 cm³/mol. The molecule has 0 aliphatic carbocycles. The lowest BCUT2D eigenvalue weighted by Crippen LogP contribution is -2.06. The zero-order valence-electron chi connectivity index (χ0n) is 11.1. The molecule has 0 spiro atoms. The highest BCUT2D eigenvalue weighted by Crippen LogP contribution is 2.31. The summed E-state index contributed by atoms with van der Waals surface area (Å²) in [6, 6.07) is 5.79. The second kappa shape index (κ2) is 6.21. The molecule has 19 heavy (non-hydrogen) atoms. The maximum atomic E-state index is 5.96. The van der Waals surface area contributed by atoms with Gasteiger partial charge < -0.3 is 10.5 Å². The van der Waals surface area contributed by atoms with E-state index in [0.717, 1.165) is 34.5 Å². The molecule has 1 atom stereocenters. The van der Waals surface area contributed by atoms with Gasteiger partial charge in [-0.1, -0.05) is 28.9 Å². The number of aromatic nitrogens is 2. The second-order valence-corrected chi connectivity index (χ2v) is 5.43. The third-order valence-corrected chi connectivity index (χ3v) is 3.25. The van der Waals surface area contributed by atoms with Crippen molar-refractivity contribution in [3.8, 4) is 11.5 Å². The average Bonchev–Trinajstić information content (AvgIpc) is 2.77. The standard InChI is InChI=1S/C14H18BrN3O/c1-3-6-18-9-12(8-17-18)19-14-7-11(15)4-5-13(14)10(2)16/h4-5,7-10H,3,6,16H2,1-2H3. The Balaban J connectivity index is 2.23. The minimum absolute atomic E-state index is 0.0752. The number of nitrogens with two attached hydrogens (primary N) is 1. The number of ether oxygens (including phenoxy) is 1. The van der Waals surface area contributed by atoms with E-state index < -0.39 is 0 Å². The van der Waals surface area contributed by atoms with Gasteiger partial charge in [0.25, 0.3) is 0 Å². The van der Waals surface area contributed by atoms with Gasteiger partial charge in [0, 0.05) is 22.6 Å². The molecular weight excluding hydrogens is 306 g/mol. The molecule has 0 saturated carbocycles. The van der Waals surface area contributed by atoms with E-state index in [1.54, 1.807) is 6.20 Å². The summed E-state index contributed by atoms with van der Waals surface area (Å²) in [6.45, 7) is 4.95. The highest BCUT2D eigenvalue weighted by Gasteiger charge is 2.10. The van der Waals surface area contributed by atoms with E-state index in [1.165, 1.54) is 0 Å². The van der Waals surface area contributed by atoms with Crippen LogP contribution < -0.4 is 10.5 Å². The van der Waals surface area contributed by atoms with Crippen LogP contribution in [-0.2, 0) is 6.54 Å². The number of hydrogen-bond acceptors (Lipinski definition) is 3. The van der Waals surface area contributed by atoms with Crippen molar-refractivity contribution in [1.82, 2.24) is 9.78 Å². The van der Waals surface area contributed by atoms with Crippen LogP contribution in [-0.4, -0.2) is 9.78 Å². The van der Waals surface area contributed by atoms with Crippen LogP contribution in [0.25, 0.3) is 0 Å². The van der Waals surface area contributed by atoms with E-state index in [2.05, 4.69) is 28.0 Å². The first-order valence-electron chi connectivity index (χ1n) is 6.35. The van der Waals surface area contributed by atoms with Gasteiger partial charge in [0.2, 0.25) is 0 Å². The number of hydrogen-bond donors (Lipinski definition) is 1. The zero-order valence-corrected chi connectivity index (χ0v) is 12.7. The molecular formula is C14H18BrN3O. The normalized spacial score (nSPS) is 12.4. The number of nitrogens with zero attached hydrogens (tertiary/aromatic N) is 2. The molecule has 0 fully saturated rings. The maximum absolute atomic E-state index is 5.96. The lowest BCUT2D eigenvalue weighted by atomic mass is 10.1. The predicted octanol–water partition coefficient (Wildman–Crippen LogP) is 3.87. The van der Waals surface area contributed by atoms with Gasteiger partial charge >= 0.3 is 0 Å². The largest absolute Gasteiger partial charge is 0.454 e. The third kappa shape index (κ3) is 3.58. The van der Waals surface area contributed by atoms with Crippen LogP contribution >= 0.6 is 15.9 Å². The molecule has 2 N–H and O–H groups in total. The van der Waals surface area contributed by atoms with Crippen molar-refractivity contribution >= 4 is 15.9 Å². The van der Waals surface area contributed by atoms with Gasteiger partial charge in [-0.2, -0.15) is 5.10 Å². The summed E-state index contributed by atoms with van der Waals surface area (Å²) in [6.07, 6.45) is 4.67. The van der Waals surface area contributed by atoms with Gasteiger partial charge in [-0.3, -0.25) is 4.68 Å². The van der Waals surface area contributed by atoms with Gasteiger partial charge in [-0.25, -0.2) is 0 Å². The van der Waals surface area contributed by atoms with Gasteiger partial charge in [-0.05, 0) is 25.5 Å². The molecule has 1 heterocycles. The molecule has 5 heteroatoms. The molecule has 0 radical (unpaired) electrons. The Bertz CT molecular complexity index is 551. The molecule has 0 amide bonds. The topological polar surface area (TPSA) is 53.1 Å². The summed E-state index contributed by atoms with van der Waals surface area (Å²) in [7, 11) is 0. The molecule has 1 aromatic heterocycles. The van der Waals surface area contributed by atoms with Crippen LogP contribution in [0.15, 0.2) is 35.1 Å². The summed E-state index contributed by atoms with van der Waals surface area (Å²) in [4.78, 5) is 0. The second-order valence-electron chi connectivity index (χ2n) is 4.51. The Morgan fingerprint density at radius 2 is 2.26 bits per heavy atom. The van der Waals surface area contributed by atoms with Crippen molar-refractivity contribution in [3.63, 3.8) is 0 Å². The zero-order chi connectivity index (χ0) is 13.8. The highest BCUT2D eigenvalue weighted by atomic mass is 79.9. The summed E-state index contributed by atoms with van der Waals surface area (Å²) in [5.41, 5.74) is 6.93. The van der Waals surface area contributed by atoms with Crippen LogP contribution in [0.5, 0.6) is 11.5 Å². The monoisotopic (exact) mass is 323 g/mol. The van der Waals surface area contributed by atoms with Crippen molar-refractivity contribution in [3.05, 3.63) is 40.6 Å². The average molecular weight is 324 g/mol. The molecule has 1 unspecified atom stereocenters. The van der Waals surface area contributed by atoms with Gasteiger partial charge in [0.1, 0.15) is 5.75 Å². The Hall–Kier alpha value is -1.33. The lowest BCUT2D eigenvalue weighted by molar-refractivity contribution is 0.470. The molecule has 0 saturated heterocycles. The van der Waals surface area contributed by atoms with Crippen molar-refractivity contribution in [2.75, 3.05) is 0 Å². The number of benzene rings is 1. The first kappa shape index (κ1) is 14.1. The lowest BCUT2D eigenvalue weighted by Gasteiger charge is -2.13. The van der Waals surface area contributed by atoms with Gasteiger partial charge in [0.15, 0.2) is 5.75 Å². The van der Waals surface area contributed by atoms with Crippen molar-refractivity contribution in [1.29, 1.82) is 0 Å². The van der Waals surface area contributed by atoms with Crippen LogP contribution in [0.2, 0.25) is 0 Å². The molecule has 0 bridgehead atoms. The summed E-state index contributed by atoms with van der Waals surface area (Å²) >= 11 is 3.45. The Kier molecular flexibility index (Phi) is 4.61. The fraction of sp³-hybridized carbons (Fsp3) is 0.357. The quantitative estimate of drug-likeness (QED) is 0.908. The van der Waals surface area contributed by atoms with E-state index in [1.807, 2.05) is 36.0 Å². The fourth-order valence-corrected chi connectivity index (χ4v) is 2.19.